The molecule has 2 aromatic rings. The Morgan fingerprint density at radius 1 is 1.03 bits per heavy atom. The van der Waals surface area contributed by atoms with Crippen molar-refractivity contribution < 1.29 is 29.4 Å². The van der Waals surface area contributed by atoms with Crippen LogP contribution in [0.25, 0.3) is 11.1 Å². The molecule has 2 aromatic carbocycles. The maximum Gasteiger partial charge on any atom is 0.527 e. The highest BCUT2D eigenvalue weighted by atomic mass is 16.8. The Bertz CT molecular complexity index is 888. The summed E-state index contributed by atoms with van der Waals surface area (Å²) in [7, 11) is 0. The zero-order chi connectivity index (χ0) is 22.1. The molecule has 3 rings (SSSR count). The van der Waals surface area contributed by atoms with Gasteiger partial charge in [0, 0.05) is 11.5 Å². The summed E-state index contributed by atoms with van der Waals surface area (Å²) in [6.45, 7) is 6.43. The Kier molecular flexibility index (Phi) is 6.14. The summed E-state index contributed by atoms with van der Waals surface area (Å²) in [4.78, 5) is 29.4. The molecule has 2 N–H and O–H groups in total. The fourth-order valence-electron chi connectivity index (χ4n) is 3.81. The molecule has 0 amide bonds. The predicted molar refractivity (Wildman–Crippen MR) is 111 cm³/mol. The molecule has 0 spiro atoms. The summed E-state index contributed by atoms with van der Waals surface area (Å²) < 4.78 is 5.40. The van der Waals surface area contributed by atoms with E-state index < -0.39 is 29.8 Å². The van der Waals surface area contributed by atoms with Gasteiger partial charge in [-0.15, -0.1) is 5.06 Å². The average Bonchev–Trinajstić information content (AvgIpc) is 2.98. The van der Waals surface area contributed by atoms with E-state index in [1.165, 1.54) is 6.92 Å². The first-order valence-corrected chi connectivity index (χ1v) is 9.84. The van der Waals surface area contributed by atoms with E-state index in [0.717, 1.165) is 27.3 Å². The van der Waals surface area contributed by atoms with E-state index in [1.54, 1.807) is 20.8 Å². The van der Waals surface area contributed by atoms with E-state index in [0.29, 0.717) is 0 Å². The van der Waals surface area contributed by atoms with Crippen LogP contribution in [0.1, 0.15) is 44.7 Å². The second-order valence-corrected chi connectivity index (χ2v) is 8.40. The molecule has 0 saturated heterocycles. The number of ether oxygens (including phenoxy) is 1. The van der Waals surface area contributed by atoms with Gasteiger partial charge >= 0.3 is 12.1 Å². The van der Waals surface area contributed by atoms with Crippen LogP contribution in [0.3, 0.4) is 0 Å². The molecule has 0 heterocycles. The number of hydroxylamine groups is 2. The number of rotatable bonds is 6. The molecule has 0 unspecified atom stereocenters. The smallest absolute Gasteiger partial charge is 0.480 e. The molecule has 0 saturated carbocycles. The number of carboxylic acid groups (broad SMARTS) is 1. The largest absolute Gasteiger partial charge is 0.527 e. The first-order valence-electron chi connectivity index (χ1n) is 9.84. The van der Waals surface area contributed by atoms with Crippen LogP contribution in [-0.2, 0) is 14.4 Å². The van der Waals surface area contributed by atoms with Crippen LogP contribution in [0.5, 0.6) is 0 Å². The number of carbonyl (C=O) groups excluding carboxylic acids is 1. The molecule has 1 aliphatic rings. The number of carboxylic acids is 1. The molecule has 0 aromatic heterocycles. The zero-order valence-corrected chi connectivity index (χ0v) is 17.5. The summed E-state index contributed by atoms with van der Waals surface area (Å²) in [5.74, 6) is -1.44. The molecule has 7 nitrogen and oxygen atoms in total. The Balaban J connectivity index is 1.76. The normalized spacial score (nSPS) is 15.3. The third kappa shape index (κ3) is 4.32. The maximum atomic E-state index is 12.5. The Hall–Kier alpha value is -2.90. The molecular weight excluding hydrogens is 386 g/mol. The van der Waals surface area contributed by atoms with Crippen LogP contribution < -0.4 is 0 Å². The number of benzene rings is 2. The van der Waals surface area contributed by atoms with E-state index in [2.05, 4.69) is 0 Å². The molecule has 1 aliphatic carbocycles. The highest BCUT2D eigenvalue weighted by Gasteiger charge is 2.41. The highest BCUT2D eigenvalue weighted by Crippen LogP contribution is 2.44. The van der Waals surface area contributed by atoms with E-state index in [1.807, 2.05) is 48.5 Å². The number of hydrogen-bond acceptors (Lipinski definition) is 6. The number of hydrogen-bond donors (Lipinski definition) is 2. The minimum Gasteiger partial charge on any atom is -0.480 e. The number of fused-ring (bicyclic) bond motifs is 3. The minimum atomic E-state index is -1.43. The van der Waals surface area contributed by atoms with Crippen LogP contribution in [-0.4, -0.2) is 51.7 Å². The zero-order valence-electron chi connectivity index (χ0n) is 17.5. The Morgan fingerprint density at radius 2 is 1.53 bits per heavy atom. The van der Waals surface area contributed by atoms with E-state index in [9.17, 15) is 19.8 Å². The maximum absolute atomic E-state index is 12.5. The summed E-state index contributed by atoms with van der Waals surface area (Å²) in [6.07, 6.45) is -2.28. The van der Waals surface area contributed by atoms with Gasteiger partial charge < -0.3 is 19.8 Å². The molecular formula is C23H27NO6. The van der Waals surface area contributed by atoms with Gasteiger partial charge in [-0.2, -0.15) is 0 Å². The van der Waals surface area contributed by atoms with Gasteiger partial charge in [0.2, 0.25) is 0 Å². The van der Waals surface area contributed by atoms with Crippen LogP contribution in [0.15, 0.2) is 48.5 Å². The standard InChI is InChI=1S/C23H27NO6/c1-14(25)20(21(26)27)24(23(2,3)4)30-22(28)29-13-19-17-11-7-5-9-15(17)16-10-6-8-12-18(16)19/h5-12,14,19-20,25H,13H2,1-4H3,(H,26,27)/t14-,20+/m1/s1. The summed E-state index contributed by atoms with van der Waals surface area (Å²) in [5.41, 5.74) is 3.46. The Labute approximate surface area is 175 Å². The first-order chi connectivity index (χ1) is 14.1. The fourth-order valence-corrected chi connectivity index (χ4v) is 3.81. The van der Waals surface area contributed by atoms with Crippen LogP contribution >= 0.6 is 0 Å². The van der Waals surface area contributed by atoms with Crippen molar-refractivity contribution in [1.29, 1.82) is 0 Å². The monoisotopic (exact) mass is 413 g/mol. The van der Waals surface area contributed by atoms with Gasteiger partial charge in [-0.3, -0.25) is 4.79 Å². The number of nitrogens with zero attached hydrogens (tertiary/aromatic N) is 1. The van der Waals surface area contributed by atoms with Crippen molar-refractivity contribution in [3.05, 3.63) is 59.7 Å². The van der Waals surface area contributed by atoms with Gasteiger partial charge in [-0.1, -0.05) is 48.5 Å². The first kappa shape index (κ1) is 21.8. The molecule has 0 fully saturated rings. The molecule has 0 radical (unpaired) electrons. The third-order valence-electron chi connectivity index (χ3n) is 5.13. The van der Waals surface area contributed by atoms with Gasteiger partial charge in [0.15, 0.2) is 6.04 Å². The van der Waals surface area contributed by atoms with Crippen LogP contribution in [0, 0.1) is 0 Å². The van der Waals surface area contributed by atoms with E-state index in [-0.39, 0.29) is 12.5 Å². The van der Waals surface area contributed by atoms with Crippen molar-refractivity contribution in [2.75, 3.05) is 6.61 Å². The van der Waals surface area contributed by atoms with Gasteiger partial charge in [0.05, 0.1) is 6.10 Å². The lowest BCUT2D eigenvalue weighted by Crippen LogP contribution is -2.56. The van der Waals surface area contributed by atoms with Crippen molar-refractivity contribution in [2.24, 2.45) is 0 Å². The quantitative estimate of drug-likeness (QED) is 0.549. The molecule has 30 heavy (non-hydrogen) atoms. The van der Waals surface area contributed by atoms with Crippen molar-refractivity contribution in [2.45, 2.75) is 51.3 Å². The van der Waals surface area contributed by atoms with Crippen molar-refractivity contribution in [3.63, 3.8) is 0 Å². The summed E-state index contributed by atoms with van der Waals surface area (Å²) >= 11 is 0. The van der Waals surface area contributed by atoms with Crippen LogP contribution in [0.2, 0.25) is 0 Å². The molecule has 0 aliphatic heterocycles. The second-order valence-electron chi connectivity index (χ2n) is 8.40. The lowest BCUT2D eigenvalue weighted by atomic mass is 9.98. The fraction of sp³-hybridized carbons (Fsp3) is 0.391. The van der Waals surface area contributed by atoms with Crippen molar-refractivity contribution in [1.82, 2.24) is 5.06 Å². The average molecular weight is 413 g/mol. The molecule has 0 bridgehead atoms. The molecule has 160 valence electrons. The van der Waals surface area contributed by atoms with Crippen molar-refractivity contribution in [3.8, 4) is 11.1 Å². The predicted octanol–water partition coefficient (Wildman–Crippen LogP) is 3.80. The number of aliphatic hydroxyl groups is 1. The third-order valence-corrected chi connectivity index (χ3v) is 5.13. The minimum absolute atomic E-state index is 0.0528. The summed E-state index contributed by atoms with van der Waals surface area (Å²) in [6, 6.07) is 14.5. The van der Waals surface area contributed by atoms with Crippen molar-refractivity contribution >= 4 is 12.1 Å². The second kappa shape index (κ2) is 8.45. The van der Waals surface area contributed by atoms with Gasteiger partial charge in [-0.05, 0) is 49.9 Å². The SMILES string of the molecule is C[C@@H](O)[C@@H](C(=O)O)N(OC(=O)OCC1c2ccccc2-c2ccccc21)C(C)(C)C. The van der Waals surface area contributed by atoms with Crippen LogP contribution in [0.4, 0.5) is 4.79 Å². The number of carbonyl (C=O) groups is 2. The number of aliphatic carboxylic acids is 1. The highest BCUT2D eigenvalue weighted by molar-refractivity contribution is 5.79. The van der Waals surface area contributed by atoms with E-state index in [4.69, 9.17) is 9.57 Å². The molecule has 2 atom stereocenters. The van der Waals surface area contributed by atoms with Gasteiger partial charge in [0.25, 0.3) is 0 Å². The molecule has 7 heteroatoms. The van der Waals surface area contributed by atoms with E-state index >= 15 is 0 Å². The lowest BCUT2D eigenvalue weighted by molar-refractivity contribution is -0.224. The summed E-state index contributed by atoms with van der Waals surface area (Å²) in [5, 5.41) is 20.3. The number of aliphatic hydroxyl groups excluding tert-OH is 1. The van der Waals surface area contributed by atoms with Gasteiger partial charge in [-0.25, -0.2) is 4.79 Å². The topological polar surface area (TPSA) is 96.3 Å². The lowest BCUT2D eigenvalue weighted by Gasteiger charge is -2.37. The van der Waals surface area contributed by atoms with Gasteiger partial charge in [0.1, 0.15) is 6.61 Å². The Morgan fingerprint density at radius 3 is 1.97 bits per heavy atom.